The molecule has 86 valence electrons. The van der Waals surface area contributed by atoms with Crippen LogP contribution < -0.4 is 11.3 Å². The molecule has 0 radical (unpaired) electrons. The number of H-pyrrole nitrogens is 1. The fourth-order valence-electron chi connectivity index (χ4n) is 0.898. The molecule has 0 bridgehead atoms. The van der Waals surface area contributed by atoms with E-state index in [4.69, 9.17) is 5.73 Å². The average Bonchev–Trinajstić information content (AvgIpc) is 2.16. The van der Waals surface area contributed by atoms with Gasteiger partial charge in [-0.25, -0.2) is 9.97 Å². The molecule has 2 aromatic rings. The number of hydrogen-bond donors (Lipinski definition) is 2. The molecule has 0 aromatic carbocycles. The van der Waals surface area contributed by atoms with Gasteiger partial charge in [0.1, 0.15) is 0 Å². The largest absolute Gasteiger partial charge is 0.369 e. The van der Waals surface area contributed by atoms with Crippen LogP contribution in [0.25, 0.3) is 11.2 Å². The van der Waals surface area contributed by atoms with Gasteiger partial charge in [-0.3, -0.25) is 4.79 Å². The van der Waals surface area contributed by atoms with Gasteiger partial charge in [-0.1, -0.05) is 0 Å². The Morgan fingerprint density at radius 2 is 1.81 bits per heavy atom. The molecule has 0 aliphatic carbocycles. The Kier molecular flexibility index (Phi) is 3.90. The summed E-state index contributed by atoms with van der Waals surface area (Å²) in [6.07, 6.45) is 2.90. The second kappa shape index (κ2) is 5.17. The van der Waals surface area contributed by atoms with Crippen molar-refractivity contribution in [3.63, 3.8) is 0 Å². The van der Waals surface area contributed by atoms with Crippen LogP contribution in [0.15, 0.2) is 17.2 Å². The summed E-state index contributed by atoms with van der Waals surface area (Å²) in [4.78, 5) is 26.8. The number of nitrogens with two attached hydrogens (primary N) is 1. The molecular weight excluding hydrogens is 208 g/mol. The highest BCUT2D eigenvalue weighted by Gasteiger charge is 2.01. The van der Waals surface area contributed by atoms with Gasteiger partial charge in [-0.2, -0.15) is 4.98 Å². The summed E-state index contributed by atoms with van der Waals surface area (Å²) in [6, 6.07) is 0. The first-order valence-electron chi connectivity index (χ1n) is 4.58. The van der Waals surface area contributed by atoms with E-state index < -0.39 is 5.56 Å². The zero-order valence-electron chi connectivity index (χ0n) is 9.43. The highest BCUT2D eigenvalue weighted by atomic mass is 16.1. The van der Waals surface area contributed by atoms with E-state index in [1.165, 1.54) is 12.4 Å². The maximum absolute atomic E-state index is 11.1. The number of nitrogen functional groups attached to an aromatic ring is 1. The van der Waals surface area contributed by atoms with Crippen molar-refractivity contribution in [2.45, 2.75) is 0 Å². The standard InChI is InChI=1S/C6H5N5O.C3H9N/c7-6-10-4-3(5(12)11-6)8-1-2-9-4;1-4(2)3/h1-2H,(H3,7,9,10,11,12);1-3H3. The van der Waals surface area contributed by atoms with Crippen molar-refractivity contribution < 1.29 is 0 Å². The number of fused-ring (bicyclic) bond motifs is 1. The van der Waals surface area contributed by atoms with Gasteiger partial charge in [0.25, 0.3) is 0 Å². The first-order chi connectivity index (χ1) is 7.50. The molecule has 3 N–H and O–H groups in total. The molecule has 7 nitrogen and oxygen atoms in total. The first-order valence-corrected chi connectivity index (χ1v) is 4.58. The molecule has 2 heterocycles. The third kappa shape index (κ3) is 3.28. The van der Waals surface area contributed by atoms with Gasteiger partial charge in [-0.05, 0) is 21.1 Å². The highest BCUT2D eigenvalue weighted by molar-refractivity contribution is 5.68. The number of aromatic amines is 1. The lowest BCUT2D eigenvalue weighted by molar-refractivity contribution is 0.505. The lowest BCUT2D eigenvalue weighted by Crippen LogP contribution is -2.12. The van der Waals surface area contributed by atoms with Gasteiger partial charge in [0, 0.05) is 12.4 Å². The molecule has 2 aromatic heterocycles. The Morgan fingerprint density at radius 1 is 1.25 bits per heavy atom. The lowest BCUT2D eigenvalue weighted by atomic mass is 10.5. The van der Waals surface area contributed by atoms with Crippen molar-refractivity contribution in [3.05, 3.63) is 22.7 Å². The molecular formula is C9H14N6O. The summed E-state index contributed by atoms with van der Waals surface area (Å²) in [7, 11) is 6.00. The van der Waals surface area contributed by atoms with Crippen molar-refractivity contribution in [2.24, 2.45) is 0 Å². The van der Waals surface area contributed by atoms with Crippen LogP contribution in [0.2, 0.25) is 0 Å². The van der Waals surface area contributed by atoms with Crippen molar-refractivity contribution in [2.75, 3.05) is 26.9 Å². The minimum atomic E-state index is -0.464. The van der Waals surface area contributed by atoms with E-state index in [9.17, 15) is 4.79 Å². The normalized spacial score (nSPS) is 10.0. The molecule has 0 spiro atoms. The highest BCUT2D eigenvalue weighted by Crippen LogP contribution is 1.97. The Bertz CT molecular complexity index is 518. The molecule has 7 heteroatoms. The summed E-state index contributed by atoms with van der Waals surface area (Å²) < 4.78 is 0. The van der Waals surface area contributed by atoms with Crippen molar-refractivity contribution in [1.82, 2.24) is 24.8 Å². The Morgan fingerprint density at radius 3 is 2.44 bits per heavy atom. The summed E-state index contributed by atoms with van der Waals surface area (Å²) in [6.45, 7) is 0. The zero-order valence-corrected chi connectivity index (χ0v) is 9.43. The summed E-state index contributed by atoms with van der Waals surface area (Å²) in [5.41, 5.74) is 5.38. The number of nitrogens with zero attached hydrogens (tertiary/aromatic N) is 4. The van der Waals surface area contributed by atoms with Crippen LogP contribution >= 0.6 is 0 Å². The summed E-state index contributed by atoms with van der Waals surface area (Å²) in [5, 5.41) is 0. The number of rotatable bonds is 0. The molecule has 16 heavy (non-hydrogen) atoms. The Hall–Kier alpha value is -2.02. The monoisotopic (exact) mass is 222 g/mol. The fraction of sp³-hybridized carbons (Fsp3) is 0.333. The average molecular weight is 222 g/mol. The first kappa shape index (κ1) is 12.1. The Labute approximate surface area is 92.4 Å². The fourth-order valence-corrected chi connectivity index (χ4v) is 0.898. The predicted octanol–water partition coefficient (Wildman–Crippen LogP) is -0.527. The van der Waals surface area contributed by atoms with Crippen LogP contribution in [0.1, 0.15) is 0 Å². The van der Waals surface area contributed by atoms with Crippen molar-refractivity contribution in [3.8, 4) is 0 Å². The molecule has 0 aliphatic heterocycles. The predicted molar refractivity (Wildman–Crippen MR) is 62.0 cm³/mol. The van der Waals surface area contributed by atoms with Gasteiger partial charge in [-0.15, -0.1) is 0 Å². The van der Waals surface area contributed by atoms with Crippen LogP contribution in [-0.4, -0.2) is 46.0 Å². The van der Waals surface area contributed by atoms with Crippen LogP contribution in [0.5, 0.6) is 0 Å². The van der Waals surface area contributed by atoms with Crippen LogP contribution in [0.4, 0.5) is 5.95 Å². The second-order valence-electron chi connectivity index (χ2n) is 3.52. The maximum atomic E-state index is 11.1. The van der Waals surface area contributed by atoms with Crippen LogP contribution in [-0.2, 0) is 0 Å². The van der Waals surface area contributed by atoms with E-state index in [1.54, 1.807) is 0 Å². The topological polar surface area (TPSA) is 101 Å². The molecule has 0 unspecified atom stereocenters. The van der Waals surface area contributed by atoms with Gasteiger partial charge in [0.2, 0.25) is 5.95 Å². The summed E-state index contributed by atoms with van der Waals surface area (Å²) in [5.74, 6) is 0.0491. The number of nitrogens with one attached hydrogen (secondary N) is 1. The van der Waals surface area contributed by atoms with Gasteiger partial charge in [0.05, 0.1) is 0 Å². The molecule has 0 atom stereocenters. The van der Waals surface area contributed by atoms with E-state index in [2.05, 4.69) is 19.9 Å². The van der Waals surface area contributed by atoms with Crippen LogP contribution in [0, 0.1) is 0 Å². The molecule has 0 aliphatic rings. The minimum Gasteiger partial charge on any atom is -0.369 e. The maximum Gasteiger partial charge on any atom is 0.302 e. The zero-order chi connectivity index (χ0) is 12.1. The van der Waals surface area contributed by atoms with E-state index in [0.717, 1.165) is 0 Å². The summed E-state index contributed by atoms with van der Waals surface area (Å²) >= 11 is 0. The molecule has 0 saturated carbocycles. The van der Waals surface area contributed by atoms with Gasteiger partial charge >= 0.3 is 5.56 Å². The molecule has 2 rings (SSSR count). The second-order valence-corrected chi connectivity index (χ2v) is 3.52. The van der Waals surface area contributed by atoms with E-state index in [0.29, 0.717) is 5.65 Å². The SMILES string of the molecule is CN(C)C.Nc1nc(=O)c2nccnc2[nH]1. The molecule has 0 amide bonds. The van der Waals surface area contributed by atoms with Crippen molar-refractivity contribution in [1.29, 1.82) is 0 Å². The van der Waals surface area contributed by atoms with Gasteiger partial charge in [0.15, 0.2) is 11.2 Å². The van der Waals surface area contributed by atoms with Crippen molar-refractivity contribution >= 4 is 17.1 Å². The van der Waals surface area contributed by atoms with Gasteiger partial charge < -0.3 is 15.6 Å². The molecule has 0 saturated heterocycles. The smallest absolute Gasteiger partial charge is 0.302 e. The number of anilines is 1. The lowest BCUT2D eigenvalue weighted by Gasteiger charge is -1.94. The van der Waals surface area contributed by atoms with E-state index in [-0.39, 0.29) is 11.5 Å². The third-order valence-corrected chi connectivity index (χ3v) is 1.37. The Balaban J connectivity index is 0.000000280. The quantitative estimate of drug-likeness (QED) is 0.621. The van der Waals surface area contributed by atoms with E-state index >= 15 is 0 Å². The minimum absolute atomic E-state index is 0.0491. The van der Waals surface area contributed by atoms with Crippen LogP contribution in [0.3, 0.4) is 0 Å². The van der Waals surface area contributed by atoms with E-state index in [1.807, 2.05) is 26.0 Å². The number of hydrogen-bond acceptors (Lipinski definition) is 6. The number of aromatic nitrogens is 4. The third-order valence-electron chi connectivity index (χ3n) is 1.37. The molecule has 0 fully saturated rings.